The molecule has 0 fully saturated rings. The third kappa shape index (κ3) is 6.67. The second kappa shape index (κ2) is 9.39. The average Bonchev–Trinajstić information content (AvgIpc) is 2.54. The highest BCUT2D eigenvalue weighted by Crippen LogP contribution is 2.10. The van der Waals surface area contributed by atoms with E-state index in [0.29, 0.717) is 32.5 Å². The van der Waals surface area contributed by atoms with Crippen LogP contribution in [0, 0.1) is 0 Å². The summed E-state index contributed by atoms with van der Waals surface area (Å²) < 4.78 is 27.3. The summed E-state index contributed by atoms with van der Waals surface area (Å²) in [5.41, 5.74) is 0.882. The van der Waals surface area contributed by atoms with Gasteiger partial charge in [-0.05, 0) is 31.0 Å². The highest BCUT2D eigenvalue weighted by Gasteiger charge is 2.14. The van der Waals surface area contributed by atoms with E-state index in [2.05, 4.69) is 0 Å². The second-order valence-corrected chi connectivity index (χ2v) is 6.79. The van der Waals surface area contributed by atoms with E-state index >= 15 is 0 Å². The number of carbonyl (C=O) groups excluding carboxylic acids is 2. The van der Waals surface area contributed by atoms with Crippen molar-refractivity contribution in [2.24, 2.45) is 5.14 Å². The fourth-order valence-corrected chi connectivity index (χ4v) is 2.67. The molecule has 0 radical (unpaired) electrons. The zero-order chi connectivity index (χ0) is 18.2. The maximum atomic E-state index is 12.0. The number of nitrogens with zero attached hydrogens (tertiary/aromatic N) is 1. The van der Waals surface area contributed by atoms with Crippen LogP contribution in [0.5, 0.6) is 0 Å². The number of esters is 1. The fourth-order valence-electron chi connectivity index (χ4n) is 2.15. The SMILES string of the molecule is CCOC(=O)CCN(CCc1ccc(S(N)(=O)=O)cc1)C(=O)CC. The van der Waals surface area contributed by atoms with Crippen molar-refractivity contribution in [1.29, 1.82) is 0 Å². The fraction of sp³-hybridized carbons (Fsp3) is 0.500. The molecule has 134 valence electrons. The third-order valence-corrected chi connectivity index (χ3v) is 4.40. The monoisotopic (exact) mass is 356 g/mol. The summed E-state index contributed by atoms with van der Waals surface area (Å²) in [5.74, 6) is -0.371. The van der Waals surface area contributed by atoms with Crippen LogP contribution >= 0.6 is 0 Å². The molecular formula is C16H24N2O5S. The van der Waals surface area contributed by atoms with Crippen LogP contribution < -0.4 is 5.14 Å². The number of primary sulfonamides is 1. The number of hydrogen-bond acceptors (Lipinski definition) is 5. The lowest BCUT2D eigenvalue weighted by Gasteiger charge is -2.22. The molecule has 0 atom stereocenters. The average molecular weight is 356 g/mol. The van der Waals surface area contributed by atoms with Crippen molar-refractivity contribution in [3.05, 3.63) is 29.8 Å². The lowest BCUT2D eigenvalue weighted by molar-refractivity contribution is -0.144. The van der Waals surface area contributed by atoms with E-state index in [-0.39, 0.29) is 23.2 Å². The molecule has 7 nitrogen and oxygen atoms in total. The summed E-state index contributed by atoms with van der Waals surface area (Å²) in [6.45, 7) is 4.57. The van der Waals surface area contributed by atoms with E-state index in [1.54, 1.807) is 30.9 Å². The number of rotatable bonds is 9. The van der Waals surface area contributed by atoms with Crippen LogP contribution in [-0.4, -0.2) is 44.9 Å². The first kappa shape index (κ1) is 20.1. The number of benzene rings is 1. The topological polar surface area (TPSA) is 107 Å². The molecule has 0 bridgehead atoms. The maximum absolute atomic E-state index is 12.0. The molecule has 0 aliphatic heterocycles. The number of hydrogen-bond donors (Lipinski definition) is 1. The van der Waals surface area contributed by atoms with Crippen molar-refractivity contribution in [3.8, 4) is 0 Å². The van der Waals surface area contributed by atoms with Crippen LogP contribution in [0.3, 0.4) is 0 Å². The van der Waals surface area contributed by atoms with Crippen LogP contribution in [0.2, 0.25) is 0 Å². The Morgan fingerprint density at radius 1 is 1.12 bits per heavy atom. The molecule has 2 N–H and O–H groups in total. The predicted octanol–water partition coefficient (Wildman–Crippen LogP) is 1.07. The van der Waals surface area contributed by atoms with Gasteiger partial charge in [-0.15, -0.1) is 0 Å². The molecular weight excluding hydrogens is 332 g/mol. The molecule has 0 spiro atoms. The molecule has 0 aliphatic rings. The Kier molecular flexibility index (Phi) is 7.87. The Morgan fingerprint density at radius 2 is 1.75 bits per heavy atom. The van der Waals surface area contributed by atoms with Gasteiger partial charge in [-0.3, -0.25) is 9.59 Å². The van der Waals surface area contributed by atoms with Gasteiger partial charge in [-0.25, -0.2) is 13.6 Å². The minimum absolute atomic E-state index is 0.0412. The highest BCUT2D eigenvalue weighted by atomic mass is 32.2. The minimum Gasteiger partial charge on any atom is -0.466 e. The Bertz CT molecular complexity index is 656. The summed E-state index contributed by atoms with van der Waals surface area (Å²) in [6, 6.07) is 6.21. The number of amides is 1. The largest absolute Gasteiger partial charge is 0.466 e. The van der Waals surface area contributed by atoms with Crippen molar-refractivity contribution < 1.29 is 22.7 Å². The molecule has 1 aromatic rings. The molecule has 0 unspecified atom stereocenters. The van der Waals surface area contributed by atoms with Gasteiger partial charge in [-0.2, -0.15) is 0 Å². The van der Waals surface area contributed by atoms with Gasteiger partial charge < -0.3 is 9.64 Å². The van der Waals surface area contributed by atoms with Crippen molar-refractivity contribution in [2.75, 3.05) is 19.7 Å². The Labute approximate surface area is 142 Å². The normalized spacial score (nSPS) is 11.1. The predicted molar refractivity (Wildman–Crippen MR) is 89.6 cm³/mol. The molecule has 0 aliphatic carbocycles. The molecule has 1 amide bonds. The smallest absolute Gasteiger partial charge is 0.307 e. The molecule has 1 rings (SSSR count). The molecule has 24 heavy (non-hydrogen) atoms. The zero-order valence-corrected chi connectivity index (χ0v) is 14.8. The quantitative estimate of drug-likeness (QED) is 0.666. The zero-order valence-electron chi connectivity index (χ0n) is 14.0. The van der Waals surface area contributed by atoms with Crippen molar-refractivity contribution in [3.63, 3.8) is 0 Å². The molecule has 0 aromatic heterocycles. The van der Waals surface area contributed by atoms with Crippen LogP contribution in [0.1, 0.15) is 32.3 Å². The maximum Gasteiger partial charge on any atom is 0.307 e. The molecule has 0 heterocycles. The molecule has 1 aromatic carbocycles. The lowest BCUT2D eigenvalue weighted by Crippen LogP contribution is -2.34. The van der Waals surface area contributed by atoms with Gasteiger partial charge in [0.25, 0.3) is 0 Å². The first-order valence-electron chi connectivity index (χ1n) is 7.83. The van der Waals surface area contributed by atoms with Crippen LogP contribution in [0.15, 0.2) is 29.2 Å². The summed E-state index contributed by atoms with van der Waals surface area (Å²) in [4.78, 5) is 25.1. The minimum atomic E-state index is -3.71. The molecule has 8 heteroatoms. The van der Waals surface area contributed by atoms with Crippen molar-refractivity contribution in [2.45, 2.75) is 38.0 Å². The van der Waals surface area contributed by atoms with E-state index in [9.17, 15) is 18.0 Å². The van der Waals surface area contributed by atoms with Gasteiger partial charge >= 0.3 is 5.97 Å². The molecule has 0 saturated heterocycles. The second-order valence-electron chi connectivity index (χ2n) is 5.23. The van der Waals surface area contributed by atoms with Gasteiger partial charge in [0.05, 0.1) is 17.9 Å². The standard InChI is InChI=1S/C16H24N2O5S/c1-3-15(19)18(12-10-16(20)23-4-2)11-9-13-5-7-14(8-6-13)24(17,21)22/h5-8H,3-4,9-12H2,1-2H3,(H2,17,21,22). The van der Waals surface area contributed by atoms with E-state index in [0.717, 1.165) is 5.56 Å². The summed E-state index contributed by atoms with van der Waals surface area (Å²) in [6.07, 6.45) is 1.07. The first-order chi connectivity index (χ1) is 11.3. The Balaban J connectivity index is 2.64. The van der Waals surface area contributed by atoms with Gasteiger partial charge in [0, 0.05) is 19.5 Å². The van der Waals surface area contributed by atoms with Gasteiger partial charge in [-0.1, -0.05) is 19.1 Å². The van der Waals surface area contributed by atoms with Crippen LogP contribution in [0.25, 0.3) is 0 Å². The Hall–Kier alpha value is -1.93. The number of nitrogens with two attached hydrogens (primary N) is 1. The lowest BCUT2D eigenvalue weighted by atomic mass is 10.1. The number of carbonyl (C=O) groups is 2. The number of sulfonamides is 1. The van der Waals surface area contributed by atoms with Crippen LogP contribution in [0.4, 0.5) is 0 Å². The van der Waals surface area contributed by atoms with E-state index in [1.807, 2.05) is 0 Å². The van der Waals surface area contributed by atoms with Crippen LogP contribution in [-0.2, 0) is 30.8 Å². The van der Waals surface area contributed by atoms with Crippen molar-refractivity contribution in [1.82, 2.24) is 4.90 Å². The van der Waals surface area contributed by atoms with Gasteiger partial charge in [0.15, 0.2) is 0 Å². The van der Waals surface area contributed by atoms with Crippen molar-refractivity contribution >= 4 is 21.9 Å². The van der Waals surface area contributed by atoms with E-state index in [4.69, 9.17) is 9.88 Å². The summed E-state index contributed by atoms with van der Waals surface area (Å²) >= 11 is 0. The highest BCUT2D eigenvalue weighted by molar-refractivity contribution is 7.89. The van der Waals surface area contributed by atoms with E-state index in [1.165, 1.54) is 12.1 Å². The third-order valence-electron chi connectivity index (χ3n) is 3.47. The Morgan fingerprint density at radius 3 is 2.25 bits per heavy atom. The van der Waals surface area contributed by atoms with E-state index < -0.39 is 10.0 Å². The first-order valence-corrected chi connectivity index (χ1v) is 9.37. The van der Waals surface area contributed by atoms with Gasteiger partial charge in [0.1, 0.15) is 0 Å². The van der Waals surface area contributed by atoms with Gasteiger partial charge in [0.2, 0.25) is 15.9 Å². The summed E-state index contributed by atoms with van der Waals surface area (Å²) in [7, 11) is -3.71. The number of ether oxygens (including phenoxy) is 1. The molecule has 0 saturated carbocycles. The summed E-state index contributed by atoms with van der Waals surface area (Å²) in [5, 5.41) is 5.05.